The maximum absolute atomic E-state index is 14.7. The van der Waals surface area contributed by atoms with Crippen LogP contribution in [0.2, 0.25) is 0 Å². The number of ether oxygens (including phenoxy) is 1. The monoisotopic (exact) mass is 1930 g/mol. The number of piperidine rings is 6. The molecule has 0 saturated carbocycles. The van der Waals surface area contributed by atoms with Crippen molar-refractivity contribution in [1.82, 2.24) is 25.8 Å². The predicted molar refractivity (Wildman–Crippen MR) is 521 cm³/mol. The first-order valence-corrected chi connectivity index (χ1v) is 54.1. The lowest BCUT2D eigenvalue weighted by molar-refractivity contribution is -0.133. The lowest BCUT2D eigenvalue weighted by atomic mass is 9.77. The van der Waals surface area contributed by atoms with Crippen LogP contribution in [0.25, 0.3) is 0 Å². The molecule has 6 aliphatic rings. The van der Waals surface area contributed by atoms with E-state index < -0.39 is 132 Å². The van der Waals surface area contributed by atoms with Gasteiger partial charge in [0, 0.05) is 74.8 Å². The van der Waals surface area contributed by atoms with Gasteiger partial charge in [-0.25, -0.2) is 50.5 Å². The number of hydrogen-bond donors (Lipinski definition) is 0. The normalized spacial score (nSPS) is 23.0. The van der Waals surface area contributed by atoms with Crippen molar-refractivity contribution in [2.45, 2.75) is 191 Å². The predicted octanol–water partition coefficient (Wildman–Crippen LogP) is 18.7. The Hall–Kier alpha value is -11.1. The fourth-order valence-electron chi connectivity index (χ4n) is 19.9. The highest BCUT2D eigenvalue weighted by Gasteiger charge is 2.59. The number of carbonyl (C=O) groups excluding carboxylic acids is 3. The maximum Gasteiger partial charge on any atom is 0.243 e. The van der Waals surface area contributed by atoms with Crippen molar-refractivity contribution >= 4 is 77.5 Å². The minimum Gasteiger partial charge on any atom is -0.497 e. The zero-order chi connectivity index (χ0) is 96.0. The molecule has 0 N–H and O–H groups in total. The van der Waals surface area contributed by atoms with E-state index in [1.54, 1.807) is 183 Å². The summed E-state index contributed by atoms with van der Waals surface area (Å²) in [6.07, 6.45) is 1.08. The molecule has 6 saturated heterocycles. The molecule has 0 spiro atoms. The maximum atomic E-state index is 14.7. The van der Waals surface area contributed by atoms with Gasteiger partial charge in [-0.1, -0.05) is 270 Å². The Labute approximate surface area is 795 Å². The molecule has 0 unspecified atom stereocenters. The first kappa shape index (κ1) is 97.0. The molecule has 12 atom stereocenters. The third-order valence-electron chi connectivity index (χ3n) is 27.5. The van der Waals surface area contributed by atoms with Gasteiger partial charge >= 0.3 is 0 Å². The van der Waals surface area contributed by atoms with Crippen LogP contribution in [0.4, 0.5) is 0 Å². The van der Waals surface area contributed by atoms with Crippen LogP contribution in [0.15, 0.2) is 333 Å². The average Bonchev–Trinajstić information content (AvgIpc) is 0.728. The smallest absolute Gasteiger partial charge is 0.243 e. The van der Waals surface area contributed by atoms with E-state index in [0.717, 1.165) is 84.3 Å². The Morgan fingerprint density at radius 1 is 0.252 bits per heavy atom. The Morgan fingerprint density at radius 2 is 0.459 bits per heavy atom. The molecule has 12 aromatic carbocycles. The van der Waals surface area contributed by atoms with Gasteiger partial charge in [0.05, 0.1) is 72.7 Å². The number of aryl methyl sites for hydroxylation is 9. The van der Waals surface area contributed by atoms with E-state index >= 15 is 0 Å². The number of rotatable bonds is 20. The third kappa shape index (κ3) is 19.8. The third-order valence-corrected chi connectivity index (χ3v) is 39.0. The van der Waals surface area contributed by atoms with Crippen molar-refractivity contribution in [3.63, 3.8) is 0 Å². The number of hydrogen-bond acceptors (Lipinski definition) is 16. The highest BCUT2D eigenvalue weighted by Crippen LogP contribution is 2.53. The zero-order valence-corrected chi connectivity index (χ0v) is 81.9. The first-order valence-electron chi connectivity index (χ1n) is 45.5. The molecule has 0 radical (unpaired) electrons. The lowest BCUT2D eigenvalue weighted by Crippen LogP contribution is -2.60. The van der Waals surface area contributed by atoms with E-state index in [-0.39, 0.29) is 105 Å². The minimum atomic E-state index is -4.10. The first-order chi connectivity index (χ1) is 64.4. The van der Waals surface area contributed by atoms with Gasteiger partial charge in [0.25, 0.3) is 0 Å². The molecule has 6 fully saturated rings. The molecule has 6 aliphatic heterocycles. The number of benzene rings is 12. The van der Waals surface area contributed by atoms with E-state index in [4.69, 9.17) is 4.74 Å². The van der Waals surface area contributed by atoms with Crippen LogP contribution in [0.5, 0.6) is 5.75 Å². The molecule has 0 aliphatic carbocycles. The lowest BCUT2D eigenvalue weighted by Gasteiger charge is -2.51. The molecule has 18 rings (SSSR count). The van der Waals surface area contributed by atoms with E-state index in [1.807, 2.05) is 183 Å². The number of fused-ring (bicyclic) bond motifs is 3. The van der Waals surface area contributed by atoms with Crippen molar-refractivity contribution in [2.75, 3.05) is 26.7 Å². The molecule has 0 aromatic heterocycles. The van der Waals surface area contributed by atoms with Crippen LogP contribution >= 0.6 is 0 Å². The summed E-state index contributed by atoms with van der Waals surface area (Å²) in [6, 6.07) is 82.3. The molecule has 0 amide bonds. The quantitative estimate of drug-likeness (QED) is 0.0685. The molecule has 702 valence electrons. The molecular weight excluding hydrogens is 1820 g/mol. The van der Waals surface area contributed by atoms with Crippen molar-refractivity contribution in [3.8, 4) is 5.75 Å². The summed E-state index contributed by atoms with van der Waals surface area (Å²) in [5.74, 6) is -2.30. The molecule has 12 aromatic rings. The number of ketones is 3. The van der Waals surface area contributed by atoms with Crippen LogP contribution in [0.1, 0.15) is 165 Å². The minimum absolute atomic E-state index is 0.0364. The van der Waals surface area contributed by atoms with Crippen molar-refractivity contribution in [2.24, 2.45) is 17.8 Å². The molecule has 6 heterocycles. The second-order valence-corrected chi connectivity index (χ2v) is 47.7. The molecule has 135 heavy (non-hydrogen) atoms. The summed E-state index contributed by atoms with van der Waals surface area (Å²) in [7, 11) is -22.8. The summed E-state index contributed by atoms with van der Waals surface area (Å²) in [5.41, 5.74) is 13.3. The van der Waals surface area contributed by atoms with Crippen LogP contribution in [-0.2, 0) is 80.9 Å². The summed E-state index contributed by atoms with van der Waals surface area (Å²) < 4.78 is 187. The van der Waals surface area contributed by atoms with Crippen molar-refractivity contribution in [3.05, 3.63) is 387 Å². The van der Waals surface area contributed by atoms with Crippen LogP contribution in [0.3, 0.4) is 0 Å². The molecular formula is C107H112N6O16S6. The fourth-order valence-corrected chi connectivity index (χ4v) is 30.4. The largest absolute Gasteiger partial charge is 0.497 e. The number of nitrogens with zero attached hydrogens (tertiary/aromatic N) is 6. The van der Waals surface area contributed by atoms with Gasteiger partial charge in [-0.3, -0.25) is 14.4 Å². The van der Waals surface area contributed by atoms with Crippen LogP contribution < -0.4 is 4.74 Å². The topological polar surface area (TPSA) is 285 Å². The van der Waals surface area contributed by atoms with Crippen LogP contribution in [0, 0.1) is 73.1 Å². The zero-order valence-electron chi connectivity index (χ0n) is 77.0. The molecule has 28 heteroatoms. The van der Waals surface area contributed by atoms with E-state index in [9.17, 15) is 64.9 Å². The van der Waals surface area contributed by atoms with E-state index in [1.165, 1.54) is 25.8 Å². The van der Waals surface area contributed by atoms with Gasteiger partial charge in [0.2, 0.25) is 60.1 Å². The molecule has 22 nitrogen and oxygen atoms in total. The van der Waals surface area contributed by atoms with Crippen LogP contribution in [-0.4, -0.2) is 139 Å². The van der Waals surface area contributed by atoms with Gasteiger partial charge in [-0.05, 0) is 205 Å². The Kier molecular flexibility index (Phi) is 28.4. The number of Topliss-reactive ketones (excluding diaryl/α,β-unsaturated/α-hetero) is 3. The Bertz CT molecular complexity index is 7060. The second-order valence-electron chi connectivity index (χ2n) is 36.5. The summed E-state index contributed by atoms with van der Waals surface area (Å²) in [5, 5.41) is 0. The van der Waals surface area contributed by atoms with Crippen molar-refractivity contribution < 1.29 is 69.6 Å². The fraction of sp³-hybridized carbons (Fsp3) is 0.299. The highest BCUT2D eigenvalue weighted by molar-refractivity contribution is 7.90. The van der Waals surface area contributed by atoms with Gasteiger partial charge < -0.3 is 4.74 Å². The number of carbonyl (C=O) groups is 3. The van der Waals surface area contributed by atoms with E-state index in [0.29, 0.717) is 11.3 Å². The number of sulfonamides is 6. The van der Waals surface area contributed by atoms with Crippen molar-refractivity contribution in [1.29, 1.82) is 0 Å². The SMILES string of the molecule is CCc1ccc([C@@H]2CC(=O)[C@@H]3CN(S(=O)(=O)c4ccc(C)cc4)[C@H](c4ccc(C)cc4)C[C@@H]3N2S(=O)(=O)c2ccc(C)cc2)cc1.COc1ccc([C@@H]2CC(=O)[C@@H]3CN(S(=O)(=O)c4ccc(C)cc4)[C@H](c4ccccc4)C[C@@H]3N2S(=O)(=O)c2ccccc2)cc1.Cc1ccc([C@@H]2C[C@H]3[C@@H](CN2S(=O)(=O)c2ccc(C)cc2)C(=O)C[C@@H](c2ccc(C)cc2)N3S(=O)(=O)c2ccc(C)cc2)cc1. The summed E-state index contributed by atoms with van der Waals surface area (Å²) >= 11 is 0. The molecule has 0 bridgehead atoms. The van der Waals surface area contributed by atoms with Gasteiger partial charge in [0.15, 0.2) is 0 Å². The highest BCUT2D eigenvalue weighted by atomic mass is 32.2. The van der Waals surface area contributed by atoms with Gasteiger partial charge in [0.1, 0.15) is 23.1 Å². The summed E-state index contributed by atoms with van der Waals surface area (Å²) in [6.45, 7) is 17.1. The van der Waals surface area contributed by atoms with Gasteiger partial charge in [-0.15, -0.1) is 0 Å². The van der Waals surface area contributed by atoms with E-state index in [2.05, 4.69) is 6.92 Å². The number of methoxy groups -OCH3 is 1. The standard InChI is InChI=1S/C37H40N2O5S2.C36H38N2O5S2.C34H34N2O6S2/c1-5-28-12-16-30(17-13-28)35-23-37(40)33-24-38(45(41,42)31-18-8-26(3)9-19-31)34(29-14-6-25(2)7-15-29)22-36(33)39(35)46(43,44)32-20-10-27(4)11-21-32;1-24-5-13-28(14-6-24)33-21-35-32(23-37(33)44(40,41)30-17-9-26(3)10-18-30)36(39)22-34(29-15-7-25(2)8-16-29)38(35)45(42,43)31-19-11-27(4)12-20-31;1-24-13-19-29(20-14-24)43(38,39)35-23-30-33(21-31(35)25-9-5-3-6-10-25)36(44(40,41)28-11-7-4-8-12-28)32(22-34(30)37)26-15-17-27(42-2)18-16-26/h6-21,33-36H,5,22-24H2,1-4H3;5-20,32-35H,21-23H2,1-4H3;3-20,30-33H,21-23H2,1-2H3/t33-,34+,35+,36+;32-,33+,34+,35+;30-,31+,32+,33+/m111/s1. The Balaban J connectivity index is 0.000000147. The average molecular weight is 1930 g/mol. The second kappa shape index (κ2) is 39.6. The van der Waals surface area contributed by atoms with Gasteiger partial charge in [-0.2, -0.15) is 25.8 Å². The summed E-state index contributed by atoms with van der Waals surface area (Å²) in [4.78, 5) is 43.0. The Morgan fingerprint density at radius 3 is 0.711 bits per heavy atom.